The summed E-state index contributed by atoms with van der Waals surface area (Å²) in [4.78, 5) is 8.61. The average molecular weight is 387 g/mol. The first-order valence-electron chi connectivity index (χ1n) is 9.12. The minimum absolute atomic E-state index is 0.381. The van der Waals surface area contributed by atoms with Gasteiger partial charge in [0.25, 0.3) is 0 Å². The Labute approximate surface area is 163 Å². The molecule has 0 bridgehead atoms. The number of imidazole rings is 2. The van der Waals surface area contributed by atoms with Gasteiger partial charge >= 0.3 is 0 Å². The molecule has 1 aliphatic carbocycles. The summed E-state index contributed by atoms with van der Waals surface area (Å²) in [7, 11) is 0. The molecule has 3 aromatic rings. The van der Waals surface area contributed by atoms with Gasteiger partial charge in [-0.15, -0.1) is 0 Å². The van der Waals surface area contributed by atoms with Crippen molar-refractivity contribution in [2.24, 2.45) is 0 Å². The summed E-state index contributed by atoms with van der Waals surface area (Å²) in [5, 5.41) is 1.33. The van der Waals surface area contributed by atoms with Crippen molar-refractivity contribution in [1.82, 2.24) is 19.1 Å². The lowest BCUT2D eigenvalue weighted by Crippen LogP contribution is -2.29. The lowest BCUT2D eigenvalue weighted by Gasteiger charge is -2.33. The van der Waals surface area contributed by atoms with Crippen molar-refractivity contribution in [3.63, 3.8) is 0 Å². The van der Waals surface area contributed by atoms with Crippen LogP contribution in [0.2, 0.25) is 5.02 Å². The molecular formula is C20H23ClN4S. The van der Waals surface area contributed by atoms with Crippen molar-refractivity contribution >= 4 is 23.4 Å². The van der Waals surface area contributed by atoms with Crippen LogP contribution in [0.3, 0.4) is 0 Å². The number of rotatable bonds is 5. The molecular weight excluding hydrogens is 364 g/mol. The third-order valence-electron chi connectivity index (χ3n) is 5.17. The summed E-state index contributed by atoms with van der Waals surface area (Å²) in [5.41, 5.74) is 1.33. The zero-order valence-electron chi connectivity index (χ0n) is 14.6. The molecule has 0 saturated heterocycles. The Hall–Kier alpha value is -1.72. The van der Waals surface area contributed by atoms with E-state index >= 15 is 0 Å². The van der Waals surface area contributed by atoms with Gasteiger partial charge in [0.05, 0.1) is 24.7 Å². The van der Waals surface area contributed by atoms with E-state index in [1.807, 2.05) is 37.2 Å². The largest absolute Gasteiger partial charge is 0.332 e. The van der Waals surface area contributed by atoms with E-state index in [1.165, 1.54) is 31.2 Å². The molecule has 0 aliphatic heterocycles. The Balaban J connectivity index is 1.58. The maximum atomic E-state index is 6.02. The molecule has 6 heteroatoms. The Kier molecular flexibility index (Phi) is 5.65. The van der Waals surface area contributed by atoms with Gasteiger partial charge in [0.15, 0.2) is 0 Å². The van der Waals surface area contributed by atoms with Crippen molar-refractivity contribution in [3.8, 4) is 0 Å². The molecule has 1 aliphatic rings. The number of hydrogen-bond acceptors (Lipinski definition) is 3. The highest BCUT2D eigenvalue weighted by molar-refractivity contribution is 7.99. The van der Waals surface area contributed by atoms with Crippen molar-refractivity contribution in [2.45, 2.75) is 48.8 Å². The van der Waals surface area contributed by atoms with Crippen LogP contribution in [-0.4, -0.2) is 24.4 Å². The van der Waals surface area contributed by atoms with Gasteiger partial charge in [-0.2, -0.15) is 11.8 Å². The first kappa shape index (κ1) is 17.7. The normalized spacial score (nSPS) is 23.7. The third-order valence-corrected chi connectivity index (χ3v) is 6.86. The van der Waals surface area contributed by atoms with Crippen molar-refractivity contribution < 1.29 is 0 Å². The van der Waals surface area contributed by atoms with E-state index in [0.717, 1.165) is 10.8 Å². The molecule has 0 N–H and O–H groups in total. The molecule has 2 heterocycles. The van der Waals surface area contributed by atoms with E-state index in [-0.39, 0.29) is 0 Å². The van der Waals surface area contributed by atoms with E-state index < -0.39 is 0 Å². The SMILES string of the molecule is Clc1ccc(CSC2CCCCC(n3ccnc3)C2n2ccnc2)cc1. The van der Waals surface area contributed by atoms with Crippen LogP contribution in [0.4, 0.5) is 0 Å². The number of thioether (sulfide) groups is 1. The Bertz CT molecular complexity index is 786. The summed E-state index contributed by atoms with van der Waals surface area (Å²) in [6, 6.07) is 9.01. The van der Waals surface area contributed by atoms with E-state index in [2.05, 4.69) is 55.4 Å². The second-order valence-corrected chi connectivity index (χ2v) is 8.50. The minimum Gasteiger partial charge on any atom is -0.332 e. The van der Waals surface area contributed by atoms with E-state index in [1.54, 1.807) is 0 Å². The molecule has 4 nitrogen and oxygen atoms in total. The molecule has 3 unspecified atom stereocenters. The molecule has 0 amide bonds. The van der Waals surface area contributed by atoms with Gasteiger partial charge in [-0.1, -0.05) is 36.6 Å². The fourth-order valence-corrected chi connectivity index (χ4v) is 5.46. The first-order chi connectivity index (χ1) is 12.8. The number of benzene rings is 1. The molecule has 0 radical (unpaired) electrons. The van der Waals surface area contributed by atoms with Gasteiger partial charge in [-0.3, -0.25) is 0 Å². The van der Waals surface area contributed by atoms with Gasteiger partial charge in [0, 0.05) is 40.8 Å². The quantitative estimate of drug-likeness (QED) is 0.551. The summed E-state index contributed by atoms with van der Waals surface area (Å²) < 4.78 is 4.58. The molecule has 3 atom stereocenters. The highest BCUT2D eigenvalue weighted by atomic mass is 35.5. The van der Waals surface area contributed by atoms with Crippen LogP contribution < -0.4 is 0 Å². The standard InChI is InChI=1S/C20H23ClN4S/c21-17-7-5-16(6-8-17)13-26-19-4-2-1-3-18(24-11-9-22-14-24)20(19)25-12-10-23-15-25/h5-12,14-15,18-20H,1-4,13H2. The van der Waals surface area contributed by atoms with Gasteiger partial charge in [-0.05, 0) is 30.5 Å². The zero-order valence-corrected chi connectivity index (χ0v) is 16.2. The zero-order chi connectivity index (χ0) is 17.8. The second-order valence-electron chi connectivity index (χ2n) is 6.84. The Morgan fingerprint density at radius 3 is 2.35 bits per heavy atom. The van der Waals surface area contributed by atoms with E-state index in [0.29, 0.717) is 17.3 Å². The van der Waals surface area contributed by atoms with Crippen LogP contribution in [0.5, 0.6) is 0 Å². The van der Waals surface area contributed by atoms with Crippen LogP contribution in [-0.2, 0) is 5.75 Å². The second kappa shape index (κ2) is 8.31. The predicted molar refractivity (Wildman–Crippen MR) is 108 cm³/mol. The lowest BCUT2D eigenvalue weighted by molar-refractivity contribution is 0.313. The number of aromatic nitrogens is 4. The molecule has 1 aromatic carbocycles. The van der Waals surface area contributed by atoms with Crippen LogP contribution in [0, 0.1) is 0 Å². The first-order valence-corrected chi connectivity index (χ1v) is 10.5. The highest BCUT2D eigenvalue weighted by Gasteiger charge is 2.34. The van der Waals surface area contributed by atoms with Crippen LogP contribution in [0.15, 0.2) is 61.7 Å². The predicted octanol–water partition coefficient (Wildman–Crippen LogP) is 5.39. The lowest BCUT2D eigenvalue weighted by atomic mass is 10.0. The number of nitrogens with zero attached hydrogens (tertiary/aromatic N) is 4. The maximum Gasteiger partial charge on any atom is 0.0949 e. The fraction of sp³-hybridized carbons (Fsp3) is 0.400. The molecule has 136 valence electrons. The van der Waals surface area contributed by atoms with Crippen LogP contribution in [0.1, 0.15) is 43.3 Å². The Morgan fingerprint density at radius 2 is 1.65 bits per heavy atom. The smallest absolute Gasteiger partial charge is 0.0949 e. The number of halogens is 1. The van der Waals surface area contributed by atoms with E-state index in [9.17, 15) is 0 Å². The molecule has 4 rings (SSSR count). The van der Waals surface area contributed by atoms with Crippen molar-refractivity contribution in [1.29, 1.82) is 0 Å². The highest BCUT2D eigenvalue weighted by Crippen LogP contribution is 2.42. The van der Waals surface area contributed by atoms with Crippen LogP contribution in [0.25, 0.3) is 0 Å². The molecule has 0 spiro atoms. The van der Waals surface area contributed by atoms with Gasteiger partial charge < -0.3 is 9.13 Å². The molecule has 1 fully saturated rings. The average Bonchev–Trinajstić information content (AvgIpc) is 3.33. The van der Waals surface area contributed by atoms with E-state index in [4.69, 9.17) is 11.6 Å². The number of hydrogen-bond donors (Lipinski definition) is 0. The molecule has 26 heavy (non-hydrogen) atoms. The van der Waals surface area contributed by atoms with Crippen LogP contribution >= 0.6 is 23.4 Å². The van der Waals surface area contributed by atoms with Crippen molar-refractivity contribution in [3.05, 3.63) is 72.3 Å². The molecule has 2 aromatic heterocycles. The topological polar surface area (TPSA) is 35.6 Å². The maximum absolute atomic E-state index is 6.02. The summed E-state index contributed by atoms with van der Waals surface area (Å²) in [5.74, 6) is 1.00. The fourth-order valence-electron chi connectivity index (χ4n) is 3.88. The van der Waals surface area contributed by atoms with Gasteiger partial charge in [0.1, 0.15) is 0 Å². The minimum atomic E-state index is 0.381. The van der Waals surface area contributed by atoms with Crippen molar-refractivity contribution in [2.75, 3.05) is 0 Å². The summed E-state index contributed by atoms with van der Waals surface area (Å²) in [6.07, 6.45) is 16.8. The molecule has 1 saturated carbocycles. The third kappa shape index (κ3) is 3.99. The summed E-state index contributed by atoms with van der Waals surface area (Å²) >= 11 is 8.07. The van der Waals surface area contributed by atoms with Gasteiger partial charge in [-0.25, -0.2) is 9.97 Å². The monoisotopic (exact) mass is 386 g/mol. The summed E-state index contributed by atoms with van der Waals surface area (Å²) in [6.45, 7) is 0. The van der Waals surface area contributed by atoms with Gasteiger partial charge in [0.2, 0.25) is 0 Å². The Morgan fingerprint density at radius 1 is 0.962 bits per heavy atom.